The average Bonchev–Trinajstić information content (AvgIpc) is 3.42. The van der Waals surface area contributed by atoms with Gasteiger partial charge in [-0.2, -0.15) is 0 Å². The second kappa shape index (κ2) is 11.9. The van der Waals surface area contributed by atoms with Gasteiger partial charge in [0.1, 0.15) is 12.6 Å². The summed E-state index contributed by atoms with van der Waals surface area (Å²) in [5.74, 6) is -1.01. The Morgan fingerprint density at radius 3 is 2.39 bits per heavy atom. The van der Waals surface area contributed by atoms with Crippen LogP contribution in [0.25, 0.3) is 0 Å². The molecule has 1 aliphatic heterocycles. The number of anilines is 3. The van der Waals surface area contributed by atoms with E-state index in [-0.39, 0.29) is 41.7 Å². The van der Waals surface area contributed by atoms with Gasteiger partial charge in [0.25, 0.3) is 17.5 Å². The molecule has 1 atom stereocenters. The van der Waals surface area contributed by atoms with Crippen LogP contribution in [0.1, 0.15) is 28.0 Å². The third-order valence-electron chi connectivity index (χ3n) is 6.61. The first kappa shape index (κ1) is 27.9. The molecule has 41 heavy (non-hydrogen) atoms. The van der Waals surface area contributed by atoms with Gasteiger partial charge < -0.3 is 10.2 Å². The predicted octanol–water partition coefficient (Wildman–Crippen LogP) is 4.24. The van der Waals surface area contributed by atoms with Crippen LogP contribution < -0.4 is 20.2 Å². The number of halogens is 1. The normalized spacial score (nSPS) is 14.9. The van der Waals surface area contributed by atoms with Crippen molar-refractivity contribution in [1.29, 1.82) is 0 Å². The molecule has 1 aliphatic rings. The van der Waals surface area contributed by atoms with Gasteiger partial charge in [0.15, 0.2) is 12.2 Å². The summed E-state index contributed by atoms with van der Waals surface area (Å²) >= 11 is 11.7. The molecule has 3 aromatic carbocycles. The Bertz CT molecular complexity index is 1610. The molecule has 2 heterocycles. The number of hydrogen-bond acceptors (Lipinski definition) is 6. The van der Waals surface area contributed by atoms with Gasteiger partial charge in [-0.25, -0.2) is 0 Å². The first-order chi connectivity index (χ1) is 19.7. The monoisotopic (exact) mass is 589 g/mol. The number of hydrogen-bond donors (Lipinski definition) is 2. The van der Waals surface area contributed by atoms with Gasteiger partial charge in [0, 0.05) is 16.3 Å². The molecule has 3 amide bonds. The first-order valence-corrected chi connectivity index (χ1v) is 13.5. The van der Waals surface area contributed by atoms with Crippen molar-refractivity contribution >= 4 is 63.9 Å². The molecular weight excluding hydrogens is 564 g/mol. The largest absolute Gasteiger partial charge is 0.326 e. The number of nitrogens with zero attached hydrogens (tertiary/aromatic N) is 4. The van der Waals surface area contributed by atoms with Crippen LogP contribution in [0.3, 0.4) is 0 Å². The molecule has 5 rings (SSSR count). The van der Waals surface area contributed by atoms with Gasteiger partial charge in [-0.05, 0) is 72.4 Å². The first-order valence-electron chi connectivity index (χ1n) is 12.7. The molecule has 208 valence electrons. The summed E-state index contributed by atoms with van der Waals surface area (Å²) in [6.07, 6.45) is -0.176. The zero-order chi connectivity index (χ0) is 29.1. The Hall–Kier alpha value is -4.61. The number of rotatable bonds is 8. The third kappa shape index (κ3) is 6.11. The summed E-state index contributed by atoms with van der Waals surface area (Å²) in [7, 11) is 1.65. The molecule has 10 nitrogen and oxygen atoms in total. The lowest BCUT2D eigenvalue weighted by Gasteiger charge is -2.22. The van der Waals surface area contributed by atoms with Crippen molar-refractivity contribution in [1.82, 2.24) is 10.2 Å². The Morgan fingerprint density at radius 1 is 1.02 bits per heavy atom. The van der Waals surface area contributed by atoms with Crippen LogP contribution in [0.2, 0.25) is 5.02 Å². The molecule has 4 aromatic rings. The predicted molar refractivity (Wildman–Crippen MR) is 157 cm³/mol. The highest BCUT2D eigenvalue weighted by Gasteiger charge is 2.46. The maximum Gasteiger partial charge on any atom is 0.307 e. The van der Waals surface area contributed by atoms with Gasteiger partial charge in [-0.15, -0.1) is 0 Å². The van der Waals surface area contributed by atoms with E-state index in [0.29, 0.717) is 27.7 Å². The van der Waals surface area contributed by atoms with E-state index in [1.54, 1.807) is 72.6 Å². The lowest BCUT2D eigenvalue weighted by molar-refractivity contribution is -0.746. The molecule has 0 spiro atoms. The van der Waals surface area contributed by atoms with Gasteiger partial charge in [0.05, 0.1) is 12.1 Å². The number of carbonyl (C=O) groups excluding carboxylic acids is 3. The summed E-state index contributed by atoms with van der Waals surface area (Å²) in [4.78, 5) is 42.8. The Morgan fingerprint density at radius 2 is 1.71 bits per heavy atom. The van der Waals surface area contributed by atoms with Crippen LogP contribution in [0, 0.1) is 6.92 Å². The highest BCUT2D eigenvalue weighted by molar-refractivity contribution is 7.80. The molecule has 1 unspecified atom stereocenters. The summed E-state index contributed by atoms with van der Waals surface area (Å²) in [6, 6.07) is 21.8. The van der Waals surface area contributed by atoms with Crippen LogP contribution in [-0.4, -0.2) is 39.0 Å². The van der Waals surface area contributed by atoms with Crippen LogP contribution in [-0.2, 0) is 23.2 Å². The summed E-state index contributed by atoms with van der Waals surface area (Å²) in [5.41, 5.74) is 3.05. The topological polar surface area (TPSA) is 112 Å². The van der Waals surface area contributed by atoms with Crippen LogP contribution in [0.5, 0.6) is 0 Å². The minimum atomic E-state index is -0.927. The fourth-order valence-corrected chi connectivity index (χ4v) is 4.93. The maximum atomic E-state index is 13.8. The van der Waals surface area contributed by atoms with Crippen LogP contribution >= 0.6 is 23.8 Å². The minimum Gasteiger partial charge on any atom is -0.326 e. The lowest BCUT2D eigenvalue weighted by atomic mass is 10.1. The zero-order valence-corrected chi connectivity index (χ0v) is 23.8. The molecule has 0 radical (unpaired) electrons. The Kier molecular flexibility index (Phi) is 8.09. The minimum absolute atomic E-state index is 0.0379. The van der Waals surface area contributed by atoms with Crippen molar-refractivity contribution in [2.75, 3.05) is 15.5 Å². The van der Waals surface area contributed by atoms with Crippen LogP contribution in [0.15, 0.2) is 83.4 Å². The molecule has 0 bridgehead atoms. The number of benzene rings is 3. The smallest absolute Gasteiger partial charge is 0.307 e. The van der Waals surface area contributed by atoms with Crippen molar-refractivity contribution in [3.05, 3.63) is 101 Å². The van der Waals surface area contributed by atoms with Crippen molar-refractivity contribution < 1.29 is 23.6 Å². The van der Waals surface area contributed by atoms with E-state index in [0.717, 1.165) is 5.56 Å². The van der Waals surface area contributed by atoms with Gasteiger partial charge >= 0.3 is 5.88 Å². The van der Waals surface area contributed by atoms with E-state index in [2.05, 4.69) is 15.9 Å². The van der Waals surface area contributed by atoms with E-state index >= 15 is 0 Å². The van der Waals surface area contributed by atoms with E-state index in [1.165, 1.54) is 9.58 Å². The fourth-order valence-electron chi connectivity index (χ4n) is 4.41. The molecule has 0 aliphatic carbocycles. The molecule has 2 N–H and O–H groups in total. The summed E-state index contributed by atoms with van der Waals surface area (Å²) < 4.78 is 6.86. The lowest BCUT2D eigenvalue weighted by Crippen LogP contribution is -2.43. The van der Waals surface area contributed by atoms with E-state index < -0.39 is 6.04 Å². The third-order valence-corrected chi connectivity index (χ3v) is 7.28. The standard InChI is InChI=1S/C29H25ClN6O4S/c1-18-8-14-22(15-9-18)36-28(39)23(16-25(37)31-21-12-10-20(30)11-13-21)35(29(36)41)17-24-27(40-33-34(24)2)32-26(38)19-6-4-3-5-7-19/h3-15,23H,16-17H2,1-2H3,(H-,31,32,33,37,38)/p+1. The Labute approximate surface area is 246 Å². The molecule has 0 saturated carbocycles. The van der Waals surface area contributed by atoms with Gasteiger partial charge in [-0.1, -0.05) is 47.5 Å². The maximum absolute atomic E-state index is 13.8. The van der Waals surface area contributed by atoms with Gasteiger partial charge in [0.2, 0.25) is 11.2 Å². The SMILES string of the molecule is Cc1ccc(N2C(=O)C(CC(=O)Nc3ccc(Cl)cc3)N(Cc3c(NC(=O)c4ccccc4)on[n+]3C)C2=S)cc1. The molecule has 1 fully saturated rings. The second-order valence-electron chi connectivity index (χ2n) is 9.49. The Balaban J connectivity index is 1.43. The number of thiocarbonyl (C=S) groups is 1. The molecule has 1 saturated heterocycles. The zero-order valence-electron chi connectivity index (χ0n) is 22.2. The molecular formula is C29H26ClN6O4S+. The molecule has 1 aromatic heterocycles. The summed E-state index contributed by atoms with van der Waals surface area (Å²) in [5, 5.41) is 10.3. The number of carbonyl (C=O) groups is 3. The molecule has 12 heteroatoms. The van der Waals surface area contributed by atoms with Crippen molar-refractivity contribution in [2.24, 2.45) is 7.05 Å². The number of nitrogens with one attached hydrogen (secondary N) is 2. The number of aryl methyl sites for hydroxylation is 2. The van der Waals surface area contributed by atoms with Crippen molar-refractivity contribution in [3.63, 3.8) is 0 Å². The number of aromatic nitrogens is 2. The number of amides is 3. The summed E-state index contributed by atoms with van der Waals surface area (Å²) in [6.45, 7) is 1.98. The van der Waals surface area contributed by atoms with Crippen LogP contribution in [0.4, 0.5) is 17.3 Å². The second-order valence-corrected chi connectivity index (χ2v) is 10.3. The van der Waals surface area contributed by atoms with Crippen molar-refractivity contribution in [2.45, 2.75) is 25.9 Å². The quantitative estimate of drug-likeness (QED) is 0.233. The van der Waals surface area contributed by atoms with E-state index in [4.69, 9.17) is 28.3 Å². The fraction of sp³-hybridized carbons (Fsp3) is 0.172. The highest BCUT2D eigenvalue weighted by Crippen LogP contribution is 2.30. The van der Waals surface area contributed by atoms with Crippen molar-refractivity contribution in [3.8, 4) is 0 Å². The van der Waals surface area contributed by atoms with E-state index in [9.17, 15) is 14.4 Å². The average molecular weight is 590 g/mol. The highest BCUT2D eigenvalue weighted by atomic mass is 35.5. The van der Waals surface area contributed by atoms with Gasteiger partial charge in [-0.3, -0.25) is 29.1 Å². The van der Waals surface area contributed by atoms with E-state index in [1.807, 2.05) is 25.1 Å².